The first kappa shape index (κ1) is 24.7. The number of nitrogens with zero attached hydrogens (tertiary/aromatic N) is 2. The molecule has 0 unspecified atom stereocenters. The summed E-state index contributed by atoms with van der Waals surface area (Å²) in [5, 5.41) is 2.70. The Labute approximate surface area is 197 Å². The Morgan fingerprint density at radius 3 is 2.26 bits per heavy atom. The Kier molecular flexibility index (Phi) is 8.20. The van der Waals surface area contributed by atoms with Gasteiger partial charge in [-0.3, -0.25) is 9.59 Å². The van der Waals surface area contributed by atoms with Crippen LogP contribution in [0, 0.1) is 0 Å². The number of ether oxygens (including phenoxy) is 3. The summed E-state index contributed by atoms with van der Waals surface area (Å²) < 4.78 is 15.1. The molecular weight excluding hydrogens is 442 g/mol. The van der Waals surface area contributed by atoms with Gasteiger partial charge in [0.2, 0.25) is 5.91 Å². The van der Waals surface area contributed by atoms with E-state index in [-0.39, 0.29) is 26.2 Å². The fraction of sp³-hybridized carbons (Fsp3) is 0.333. The number of methoxy groups -OCH3 is 2. The summed E-state index contributed by atoms with van der Waals surface area (Å²) in [6.07, 6.45) is -0.236. The van der Waals surface area contributed by atoms with Crippen molar-refractivity contribution < 1.29 is 33.4 Å². The van der Waals surface area contributed by atoms with E-state index in [2.05, 4.69) is 5.32 Å². The summed E-state index contributed by atoms with van der Waals surface area (Å²) in [4.78, 5) is 53.1. The van der Waals surface area contributed by atoms with Crippen LogP contribution in [0.5, 0.6) is 5.75 Å². The van der Waals surface area contributed by atoms with Gasteiger partial charge in [0.1, 0.15) is 11.8 Å². The van der Waals surface area contributed by atoms with Gasteiger partial charge < -0.3 is 24.4 Å². The molecule has 2 aromatic rings. The van der Waals surface area contributed by atoms with Gasteiger partial charge in [-0.1, -0.05) is 0 Å². The number of hydrogen-bond donors (Lipinski definition) is 1. The average Bonchev–Trinajstić information content (AvgIpc) is 3.06. The second kappa shape index (κ2) is 11.3. The highest BCUT2D eigenvalue weighted by Crippen LogP contribution is 2.28. The minimum atomic E-state index is -0.983. The Bertz CT molecular complexity index is 1040. The lowest BCUT2D eigenvalue weighted by Crippen LogP contribution is -2.39. The van der Waals surface area contributed by atoms with E-state index in [0.717, 1.165) is 4.90 Å². The molecule has 1 saturated heterocycles. The first-order valence-corrected chi connectivity index (χ1v) is 10.7. The van der Waals surface area contributed by atoms with Crippen LogP contribution < -0.4 is 15.0 Å². The maximum atomic E-state index is 13.2. The molecule has 1 heterocycles. The zero-order valence-electron chi connectivity index (χ0n) is 19.3. The molecule has 0 aromatic heterocycles. The lowest BCUT2D eigenvalue weighted by molar-refractivity contribution is -0.124. The van der Waals surface area contributed by atoms with Gasteiger partial charge in [0.25, 0.3) is 5.91 Å². The molecule has 0 spiro atoms. The van der Waals surface area contributed by atoms with Gasteiger partial charge in [-0.15, -0.1) is 0 Å². The second-order valence-electron chi connectivity index (χ2n) is 7.41. The molecule has 10 nitrogen and oxygen atoms in total. The SMILES string of the molecule is CCOC(=O)c1ccc(NC(=O)C[C@H]2C(=O)N(c3ccc(OC)cc3)C(=O)N2CCOC)cc1. The van der Waals surface area contributed by atoms with Crippen molar-refractivity contribution in [2.45, 2.75) is 19.4 Å². The van der Waals surface area contributed by atoms with Gasteiger partial charge in [-0.05, 0) is 55.5 Å². The number of nitrogens with one attached hydrogen (secondary N) is 1. The number of benzene rings is 2. The van der Waals surface area contributed by atoms with E-state index in [9.17, 15) is 19.2 Å². The molecule has 0 radical (unpaired) electrons. The largest absolute Gasteiger partial charge is 0.497 e. The van der Waals surface area contributed by atoms with E-state index < -0.39 is 29.9 Å². The molecule has 180 valence electrons. The smallest absolute Gasteiger partial charge is 0.338 e. The number of imide groups is 1. The van der Waals surface area contributed by atoms with Crippen molar-refractivity contribution in [2.24, 2.45) is 0 Å². The van der Waals surface area contributed by atoms with Gasteiger partial charge in [0.05, 0.1) is 38.0 Å². The van der Waals surface area contributed by atoms with Gasteiger partial charge in [-0.2, -0.15) is 0 Å². The van der Waals surface area contributed by atoms with Crippen molar-refractivity contribution in [1.29, 1.82) is 0 Å². The Morgan fingerprint density at radius 2 is 1.68 bits per heavy atom. The third-order valence-corrected chi connectivity index (χ3v) is 5.24. The quantitative estimate of drug-likeness (QED) is 0.420. The topological polar surface area (TPSA) is 114 Å². The highest BCUT2D eigenvalue weighted by molar-refractivity contribution is 6.22. The molecule has 0 saturated carbocycles. The van der Waals surface area contributed by atoms with Crippen LogP contribution in [0.1, 0.15) is 23.7 Å². The first-order valence-electron chi connectivity index (χ1n) is 10.7. The molecule has 0 bridgehead atoms. The van der Waals surface area contributed by atoms with Crippen molar-refractivity contribution in [2.75, 3.05) is 44.2 Å². The number of amides is 4. The molecule has 2 aromatic carbocycles. The summed E-state index contributed by atoms with van der Waals surface area (Å²) in [5.41, 5.74) is 1.19. The van der Waals surface area contributed by atoms with Gasteiger partial charge >= 0.3 is 12.0 Å². The van der Waals surface area contributed by atoms with Crippen LogP contribution in [-0.4, -0.2) is 68.7 Å². The number of carbonyl (C=O) groups excluding carboxylic acids is 4. The third-order valence-electron chi connectivity index (χ3n) is 5.24. The highest BCUT2D eigenvalue weighted by atomic mass is 16.5. The van der Waals surface area contributed by atoms with E-state index in [1.807, 2.05) is 0 Å². The standard InChI is InChI=1S/C24H27N3O7/c1-4-34-23(30)16-5-7-17(8-6-16)25-21(28)15-20-22(29)27(24(31)26(20)13-14-32-2)18-9-11-19(33-3)12-10-18/h5-12,20H,4,13-15H2,1-3H3,(H,25,28)/t20-/m0/s1. The molecule has 1 fully saturated rings. The Balaban J connectivity index is 1.73. The van der Waals surface area contributed by atoms with E-state index in [1.54, 1.807) is 43.3 Å². The van der Waals surface area contributed by atoms with Crippen molar-refractivity contribution in [3.05, 3.63) is 54.1 Å². The fourth-order valence-electron chi connectivity index (χ4n) is 3.54. The molecule has 10 heteroatoms. The van der Waals surface area contributed by atoms with E-state index in [1.165, 1.54) is 31.3 Å². The molecule has 1 N–H and O–H groups in total. The summed E-state index contributed by atoms with van der Waals surface area (Å²) in [6, 6.07) is 11.2. The van der Waals surface area contributed by atoms with Gasteiger partial charge in [0.15, 0.2) is 0 Å². The van der Waals surface area contributed by atoms with Gasteiger partial charge in [0, 0.05) is 19.3 Å². The minimum Gasteiger partial charge on any atom is -0.497 e. The van der Waals surface area contributed by atoms with Crippen molar-refractivity contribution in [3.63, 3.8) is 0 Å². The van der Waals surface area contributed by atoms with Crippen LogP contribution in [0.4, 0.5) is 16.2 Å². The summed E-state index contributed by atoms with van der Waals surface area (Å²) in [7, 11) is 3.01. The van der Waals surface area contributed by atoms with Crippen molar-refractivity contribution in [3.8, 4) is 5.75 Å². The summed E-state index contributed by atoms with van der Waals surface area (Å²) >= 11 is 0. The van der Waals surface area contributed by atoms with E-state index in [0.29, 0.717) is 22.7 Å². The number of carbonyl (C=O) groups is 4. The van der Waals surface area contributed by atoms with Gasteiger partial charge in [-0.25, -0.2) is 14.5 Å². The molecule has 0 aliphatic carbocycles. The zero-order valence-corrected chi connectivity index (χ0v) is 19.3. The van der Waals surface area contributed by atoms with Crippen LogP contribution in [0.15, 0.2) is 48.5 Å². The van der Waals surface area contributed by atoms with Crippen molar-refractivity contribution >= 4 is 35.2 Å². The van der Waals surface area contributed by atoms with Crippen LogP contribution in [0.3, 0.4) is 0 Å². The normalized spacial score (nSPS) is 15.4. The molecule has 1 aliphatic heterocycles. The molecule has 1 aliphatic rings. The Morgan fingerprint density at radius 1 is 1.00 bits per heavy atom. The average molecular weight is 469 g/mol. The molecular formula is C24H27N3O7. The number of anilines is 2. The van der Waals surface area contributed by atoms with Crippen LogP contribution >= 0.6 is 0 Å². The lowest BCUT2D eigenvalue weighted by Gasteiger charge is -2.21. The maximum absolute atomic E-state index is 13.2. The number of urea groups is 1. The van der Waals surface area contributed by atoms with Crippen LogP contribution in [-0.2, 0) is 19.1 Å². The zero-order chi connectivity index (χ0) is 24.7. The monoisotopic (exact) mass is 469 g/mol. The highest BCUT2D eigenvalue weighted by Gasteiger charge is 2.46. The molecule has 1 atom stereocenters. The minimum absolute atomic E-state index is 0.153. The Hall–Kier alpha value is -3.92. The molecule has 34 heavy (non-hydrogen) atoms. The summed E-state index contributed by atoms with van der Waals surface area (Å²) in [5.74, 6) is -0.819. The maximum Gasteiger partial charge on any atom is 0.338 e. The predicted molar refractivity (Wildman–Crippen MR) is 124 cm³/mol. The number of rotatable bonds is 10. The first-order chi connectivity index (χ1) is 16.4. The van der Waals surface area contributed by atoms with Crippen molar-refractivity contribution in [1.82, 2.24) is 4.90 Å². The van der Waals surface area contributed by atoms with Crippen LogP contribution in [0.25, 0.3) is 0 Å². The predicted octanol–water partition coefficient (Wildman–Crippen LogP) is 2.68. The summed E-state index contributed by atoms with van der Waals surface area (Å²) in [6.45, 7) is 2.34. The molecule has 3 rings (SSSR count). The number of esters is 1. The van der Waals surface area contributed by atoms with E-state index >= 15 is 0 Å². The van der Waals surface area contributed by atoms with Crippen LogP contribution in [0.2, 0.25) is 0 Å². The second-order valence-corrected chi connectivity index (χ2v) is 7.41. The van der Waals surface area contributed by atoms with E-state index in [4.69, 9.17) is 14.2 Å². The fourth-order valence-corrected chi connectivity index (χ4v) is 3.54. The lowest BCUT2D eigenvalue weighted by atomic mass is 10.1. The third kappa shape index (κ3) is 5.52. The number of hydrogen-bond acceptors (Lipinski definition) is 7. The molecule has 4 amide bonds.